The summed E-state index contributed by atoms with van der Waals surface area (Å²) in [7, 11) is 4.72. The van der Waals surface area contributed by atoms with Gasteiger partial charge < -0.3 is 33.5 Å². The van der Waals surface area contributed by atoms with Crippen LogP contribution in [0.2, 0.25) is 0 Å². The Kier molecular flexibility index (Phi) is 4.81. The second-order valence-electron chi connectivity index (χ2n) is 7.95. The summed E-state index contributed by atoms with van der Waals surface area (Å²) in [5.41, 5.74) is 2.58. The van der Waals surface area contributed by atoms with Crippen molar-refractivity contribution in [3.8, 4) is 28.7 Å². The second-order valence-corrected chi connectivity index (χ2v) is 7.95. The third kappa shape index (κ3) is 2.96. The van der Waals surface area contributed by atoms with Crippen molar-refractivity contribution in [2.24, 2.45) is 11.8 Å². The first-order valence-corrected chi connectivity index (χ1v) is 10.1. The van der Waals surface area contributed by atoms with Crippen LogP contribution in [0.5, 0.6) is 28.7 Å². The number of aliphatic carboxylic acids is 1. The van der Waals surface area contributed by atoms with E-state index in [0.717, 1.165) is 16.7 Å². The average molecular weight is 428 g/mol. The Labute approximate surface area is 179 Å². The predicted molar refractivity (Wildman–Crippen MR) is 109 cm³/mol. The van der Waals surface area contributed by atoms with Crippen LogP contribution >= 0.6 is 0 Å². The molecule has 2 aromatic rings. The van der Waals surface area contributed by atoms with Gasteiger partial charge in [0.15, 0.2) is 23.0 Å². The zero-order chi connectivity index (χ0) is 21.7. The molecule has 2 heterocycles. The highest BCUT2D eigenvalue weighted by molar-refractivity contribution is 5.79. The lowest BCUT2D eigenvalue weighted by molar-refractivity contribution is -0.140. The van der Waals surface area contributed by atoms with E-state index in [1.54, 1.807) is 21.3 Å². The molecule has 1 saturated heterocycles. The molecule has 2 aliphatic heterocycles. The molecule has 0 aromatic heterocycles. The molecule has 1 N–H and O–H groups in total. The van der Waals surface area contributed by atoms with E-state index in [2.05, 4.69) is 0 Å². The zero-order valence-electron chi connectivity index (χ0n) is 17.5. The van der Waals surface area contributed by atoms with Crippen LogP contribution in [-0.2, 0) is 9.53 Å². The topological polar surface area (TPSA) is 92.7 Å². The fraction of sp³-hybridized carbons (Fsp3) is 0.435. The maximum Gasteiger partial charge on any atom is 0.311 e. The van der Waals surface area contributed by atoms with E-state index in [9.17, 15) is 9.90 Å². The zero-order valence-corrected chi connectivity index (χ0v) is 17.5. The lowest BCUT2D eigenvalue weighted by Crippen LogP contribution is -2.36. The molecule has 8 nitrogen and oxygen atoms in total. The van der Waals surface area contributed by atoms with Gasteiger partial charge >= 0.3 is 5.97 Å². The summed E-state index contributed by atoms with van der Waals surface area (Å²) < 4.78 is 33.6. The molecule has 0 spiro atoms. The third-order valence-corrected chi connectivity index (χ3v) is 6.59. The SMILES string of the molecule is COc1cc([C@@H]2c3cc4c(cc3[C@@H](C(=O)O)[C@H]3COCC23)OCO4)cc(OC)c1OC. The average Bonchev–Trinajstić information content (AvgIpc) is 3.43. The van der Waals surface area contributed by atoms with Crippen molar-refractivity contribution in [2.75, 3.05) is 41.3 Å². The number of benzene rings is 2. The molecule has 5 rings (SSSR count). The summed E-state index contributed by atoms with van der Waals surface area (Å²) in [4.78, 5) is 12.3. The fourth-order valence-corrected chi connectivity index (χ4v) is 5.27. The summed E-state index contributed by atoms with van der Waals surface area (Å²) in [6.45, 7) is 1.00. The van der Waals surface area contributed by atoms with Gasteiger partial charge in [-0.25, -0.2) is 0 Å². The Bertz CT molecular complexity index is 1010. The molecule has 1 unspecified atom stereocenters. The van der Waals surface area contributed by atoms with E-state index in [1.165, 1.54) is 0 Å². The van der Waals surface area contributed by atoms with Gasteiger partial charge in [-0.05, 0) is 46.9 Å². The van der Waals surface area contributed by atoms with Crippen LogP contribution < -0.4 is 23.7 Å². The Hall–Kier alpha value is -3.13. The van der Waals surface area contributed by atoms with Gasteiger partial charge in [-0.1, -0.05) is 0 Å². The van der Waals surface area contributed by atoms with Gasteiger partial charge in [0, 0.05) is 11.8 Å². The van der Waals surface area contributed by atoms with E-state index in [4.69, 9.17) is 28.4 Å². The first-order valence-electron chi connectivity index (χ1n) is 10.1. The van der Waals surface area contributed by atoms with Gasteiger partial charge in [0.2, 0.25) is 12.5 Å². The van der Waals surface area contributed by atoms with Crippen LogP contribution in [0.1, 0.15) is 28.5 Å². The first kappa shape index (κ1) is 19.8. The molecule has 31 heavy (non-hydrogen) atoms. The maximum absolute atomic E-state index is 12.3. The van der Waals surface area contributed by atoms with E-state index < -0.39 is 11.9 Å². The quantitative estimate of drug-likeness (QED) is 0.777. The Morgan fingerprint density at radius 3 is 2.10 bits per heavy atom. The van der Waals surface area contributed by atoms with Crippen molar-refractivity contribution in [2.45, 2.75) is 11.8 Å². The number of rotatable bonds is 5. The number of carboxylic acids is 1. The number of carboxylic acid groups (broad SMARTS) is 1. The number of fused-ring (bicyclic) bond motifs is 3. The lowest BCUT2D eigenvalue weighted by atomic mass is 9.63. The first-order chi connectivity index (χ1) is 15.1. The number of hydrogen-bond donors (Lipinski definition) is 1. The minimum atomic E-state index is -0.857. The fourth-order valence-electron chi connectivity index (χ4n) is 5.27. The van der Waals surface area contributed by atoms with Crippen LogP contribution in [0.15, 0.2) is 24.3 Å². The summed E-state index contributed by atoms with van der Waals surface area (Å²) in [5.74, 6) is 0.985. The molecule has 2 aromatic carbocycles. The Morgan fingerprint density at radius 2 is 1.52 bits per heavy atom. The third-order valence-electron chi connectivity index (χ3n) is 6.59. The minimum absolute atomic E-state index is 0.0169. The number of hydrogen-bond acceptors (Lipinski definition) is 7. The van der Waals surface area contributed by atoms with E-state index >= 15 is 0 Å². The summed E-state index contributed by atoms with van der Waals surface area (Å²) in [5, 5.41) is 10.1. The van der Waals surface area contributed by atoms with Gasteiger partial charge in [-0.15, -0.1) is 0 Å². The van der Waals surface area contributed by atoms with Crippen LogP contribution in [0.4, 0.5) is 0 Å². The summed E-state index contributed by atoms with van der Waals surface area (Å²) in [6, 6.07) is 7.58. The molecule has 0 saturated carbocycles. The second kappa shape index (κ2) is 7.53. The molecule has 0 amide bonds. The van der Waals surface area contributed by atoms with Crippen LogP contribution in [-0.4, -0.2) is 52.4 Å². The van der Waals surface area contributed by atoms with Crippen LogP contribution in [0, 0.1) is 11.8 Å². The minimum Gasteiger partial charge on any atom is -0.493 e. The highest BCUT2D eigenvalue weighted by Crippen LogP contribution is 2.55. The molecular weight excluding hydrogens is 404 g/mol. The van der Waals surface area contributed by atoms with E-state index in [1.807, 2.05) is 24.3 Å². The highest BCUT2D eigenvalue weighted by atomic mass is 16.7. The van der Waals surface area contributed by atoms with Crippen molar-refractivity contribution in [1.29, 1.82) is 0 Å². The molecule has 1 fully saturated rings. The van der Waals surface area contributed by atoms with Gasteiger partial charge in [0.25, 0.3) is 0 Å². The lowest BCUT2D eigenvalue weighted by Gasteiger charge is -2.39. The van der Waals surface area contributed by atoms with Crippen LogP contribution in [0.3, 0.4) is 0 Å². The van der Waals surface area contributed by atoms with Gasteiger partial charge in [0.1, 0.15) is 0 Å². The summed E-state index contributed by atoms with van der Waals surface area (Å²) >= 11 is 0. The molecular formula is C23H24O8. The van der Waals surface area contributed by atoms with Gasteiger partial charge in [-0.2, -0.15) is 0 Å². The number of methoxy groups -OCH3 is 3. The highest BCUT2D eigenvalue weighted by Gasteiger charge is 2.50. The van der Waals surface area contributed by atoms with Crippen molar-refractivity contribution in [3.63, 3.8) is 0 Å². The van der Waals surface area contributed by atoms with Crippen molar-refractivity contribution >= 4 is 5.97 Å². The molecule has 1 aliphatic carbocycles. The Balaban J connectivity index is 1.74. The van der Waals surface area contributed by atoms with Crippen LogP contribution in [0.25, 0.3) is 0 Å². The van der Waals surface area contributed by atoms with Gasteiger partial charge in [-0.3, -0.25) is 4.79 Å². The van der Waals surface area contributed by atoms with Crippen molar-refractivity contribution < 1.29 is 38.3 Å². The Morgan fingerprint density at radius 1 is 0.903 bits per heavy atom. The summed E-state index contributed by atoms with van der Waals surface area (Å²) in [6.07, 6.45) is 0. The van der Waals surface area contributed by atoms with E-state index in [-0.39, 0.29) is 24.5 Å². The maximum atomic E-state index is 12.3. The molecule has 4 atom stereocenters. The standard InChI is InChI=1S/C23H24O8/c1-26-18-4-11(5-19(27-2)22(18)28-3)20-12-6-16-17(31-10-30-16)7-13(12)21(23(24)25)15-9-29-8-14(15)20/h4-7,14-15,20-21H,8-10H2,1-3H3,(H,24,25)/t14?,15-,20+,21+/m0/s1. The number of ether oxygens (including phenoxy) is 6. The van der Waals surface area contributed by atoms with Crippen molar-refractivity contribution in [1.82, 2.24) is 0 Å². The molecule has 8 heteroatoms. The number of carbonyl (C=O) groups is 1. The predicted octanol–water partition coefficient (Wildman–Crippen LogP) is 3.02. The normalized spacial score (nSPS) is 25.5. The van der Waals surface area contributed by atoms with E-state index in [0.29, 0.717) is 42.0 Å². The van der Waals surface area contributed by atoms with Gasteiger partial charge in [0.05, 0.1) is 40.5 Å². The largest absolute Gasteiger partial charge is 0.493 e. The smallest absolute Gasteiger partial charge is 0.311 e. The monoisotopic (exact) mass is 428 g/mol. The molecule has 3 aliphatic rings. The van der Waals surface area contributed by atoms with Crippen molar-refractivity contribution in [3.05, 3.63) is 41.0 Å². The molecule has 0 bridgehead atoms. The molecule has 164 valence electrons. The molecule has 0 radical (unpaired) electrons.